The van der Waals surface area contributed by atoms with Crippen LogP contribution in [0.25, 0.3) is 0 Å². The van der Waals surface area contributed by atoms with Gasteiger partial charge in [-0.15, -0.1) is 0 Å². The van der Waals surface area contributed by atoms with E-state index in [1.54, 1.807) is 0 Å². The van der Waals surface area contributed by atoms with Gasteiger partial charge in [0.05, 0.1) is 6.10 Å². The first kappa shape index (κ1) is 11.4. The van der Waals surface area contributed by atoms with Crippen LogP contribution < -0.4 is 5.32 Å². The number of hydrogen-bond donors (Lipinski definition) is 2. The smallest absolute Gasteiger partial charge is 0.0590 e. The lowest BCUT2D eigenvalue weighted by molar-refractivity contribution is 0.0348. The van der Waals surface area contributed by atoms with Crippen molar-refractivity contribution < 1.29 is 5.11 Å². The van der Waals surface area contributed by atoms with Crippen molar-refractivity contribution in [2.45, 2.75) is 44.8 Å². The maximum Gasteiger partial charge on any atom is 0.0590 e. The number of rotatable bonds is 5. The van der Waals surface area contributed by atoms with Gasteiger partial charge in [0, 0.05) is 19.1 Å². The summed E-state index contributed by atoms with van der Waals surface area (Å²) in [6.07, 6.45) is 4.90. The maximum atomic E-state index is 9.61. The van der Waals surface area contributed by atoms with Crippen LogP contribution in [-0.4, -0.2) is 48.3 Å². The molecule has 1 heterocycles. The van der Waals surface area contributed by atoms with E-state index in [1.165, 1.54) is 25.8 Å². The first-order valence-electron chi connectivity index (χ1n) is 6.39. The van der Waals surface area contributed by atoms with Crippen LogP contribution in [0, 0.1) is 5.92 Å². The second-order valence-corrected chi connectivity index (χ2v) is 5.22. The molecule has 2 fully saturated rings. The summed E-state index contributed by atoms with van der Waals surface area (Å²) in [5.74, 6) is 0.454. The highest BCUT2D eigenvalue weighted by Crippen LogP contribution is 2.19. The van der Waals surface area contributed by atoms with Crippen LogP contribution in [0.3, 0.4) is 0 Å². The fraction of sp³-hybridized carbons (Fsp3) is 1.00. The Morgan fingerprint density at radius 3 is 2.80 bits per heavy atom. The minimum Gasteiger partial charge on any atom is -0.393 e. The van der Waals surface area contributed by atoms with Gasteiger partial charge in [0.25, 0.3) is 0 Å². The van der Waals surface area contributed by atoms with Crippen molar-refractivity contribution in [3.05, 3.63) is 0 Å². The lowest BCUT2D eigenvalue weighted by atomic mass is 9.97. The Labute approximate surface area is 92.8 Å². The summed E-state index contributed by atoms with van der Waals surface area (Å²) in [6.45, 7) is 6.66. The zero-order valence-corrected chi connectivity index (χ0v) is 9.78. The Morgan fingerprint density at radius 1 is 1.33 bits per heavy atom. The Morgan fingerprint density at radius 2 is 2.13 bits per heavy atom. The van der Waals surface area contributed by atoms with Gasteiger partial charge in [-0.2, -0.15) is 0 Å². The highest BCUT2D eigenvalue weighted by molar-refractivity contribution is 4.81. The lowest BCUT2D eigenvalue weighted by Crippen LogP contribution is -2.42. The molecule has 3 nitrogen and oxygen atoms in total. The molecule has 15 heavy (non-hydrogen) atoms. The number of aliphatic hydroxyl groups excluding tert-OH is 1. The summed E-state index contributed by atoms with van der Waals surface area (Å²) in [4.78, 5) is 2.49. The van der Waals surface area contributed by atoms with Gasteiger partial charge in [0.1, 0.15) is 0 Å². The van der Waals surface area contributed by atoms with E-state index in [0.29, 0.717) is 5.92 Å². The van der Waals surface area contributed by atoms with Crippen LogP contribution in [-0.2, 0) is 0 Å². The molecule has 2 aliphatic rings. The minimum atomic E-state index is -0.0640. The predicted octanol–water partition coefficient (Wildman–Crippen LogP) is 0.831. The molecule has 3 heteroatoms. The number of piperidine rings is 1. The lowest BCUT2D eigenvalue weighted by Gasteiger charge is -2.34. The molecule has 0 aromatic rings. The van der Waals surface area contributed by atoms with E-state index in [4.69, 9.17) is 0 Å². The SMILES string of the molecule is CC1CN(CCCNC2CC2)CCC1O. The monoisotopic (exact) mass is 212 g/mol. The quantitative estimate of drug-likeness (QED) is 0.663. The minimum absolute atomic E-state index is 0.0640. The van der Waals surface area contributed by atoms with Gasteiger partial charge in [-0.1, -0.05) is 6.92 Å². The first-order chi connectivity index (χ1) is 7.25. The largest absolute Gasteiger partial charge is 0.393 e. The zero-order chi connectivity index (χ0) is 10.7. The van der Waals surface area contributed by atoms with Gasteiger partial charge in [-0.25, -0.2) is 0 Å². The molecule has 0 radical (unpaired) electrons. The number of aliphatic hydroxyl groups is 1. The van der Waals surface area contributed by atoms with E-state index in [9.17, 15) is 5.11 Å². The number of nitrogens with zero attached hydrogens (tertiary/aromatic N) is 1. The molecule has 2 N–H and O–H groups in total. The van der Waals surface area contributed by atoms with Crippen molar-refractivity contribution in [1.29, 1.82) is 0 Å². The van der Waals surface area contributed by atoms with E-state index < -0.39 is 0 Å². The van der Waals surface area contributed by atoms with Gasteiger partial charge < -0.3 is 15.3 Å². The second-order valence-electron chi connectivity index (χ2n) is 5.22. The van der Waals surface area contributed by atoms with Gasteiger partial charge >= 0.3 is 0 Å². The van der Waals surface area contributed by atoms with E-state index in [2.05, 4.69) is 17.1 Å². The van der Waals surface area contributed by atoms with Gasteiger partial charge in [0.2, 0.25) is 0 Å². The normalized spacial score (nSPS) is 33.2. The number of nitrogens with one attached hydrogen (secondary N) is 1. The van der Waals surface area contributed by atoms with E-state index >= 15 is 0 Å². The molecule has 88 valence electrons. The average Bonchev–Trinajstić information content (AvgIpc) is 3.02. The van der Waals surface area contributed by atoms with Crippen molar-refractivity contribution in [3.63, 3.8) is 0 Å². The molecule has 0 aromatic carbocycles. The number of hydrogen-bond acceptors (Lipinski definition) is 3. The highest BCUT2D eigenvalue weighted by atomic mass is 16.3. The van der Waals surface area contributed by atoms with Crippen LogP contribution in [0.2, 0.25) is 0 Å². The molecular formula is C12H24N2O. The molecule has 2 unspecified atom stereocenters. The van der Waals surface area contributed by atoms with Gasteiger partial charge in [-0.05, 0) is 44.7 Å². The third-order valence-electron chi connectivity index (χ3n) is 3.61. The molecule has 1 aliphatic heterocycles. The fourth-order valence-electron chi connectivity index (χ4n) is 2.32. The summed E-state index contributed by atoms with van der Waals surface area (Å²) in [5, 5.41) is 13.1. The maximum absolute atomic E-state index is 9.61. The van der Waals surface area contributed by atoms with Crippen molar-refractivity contribution >= 4 is 0 Å². The molecule has 2 rings (SSSR count). The number of likely N-dealkylation sites (tertiary alicyclic amines) is 1. The van der Waals surface area contributed by atoms with Crippen molar-refractivity contribution in [3.8, 4) is 0 Å². The average molecular weight is 212 g/mol. The summed E-state index contributed by atoms with van der Waals surface area (Å²) in [6, 6.07) is 0.840. The predicted molar refractivity (Wildman–Crippen MR) is 61.9 cm³/mol. The Kier molecular flexibility index (Phi) is 4.00. The Hall–Kier alpha value is -0.120. The molecule has 0 amide bonds. The zero-order valence-electron chi connectivity index (χ0n) is 9.78. The van der Waals surface area contributed by atoms with E-state index in [0.717, 1.165) is 32.1 Å². The molecule has 1 saturated heterocycles. The van der Waals surface area contributed by atoms with Crippen molar-refractivity contribution in [2.75, 3.05) is 26.2 Å². The third-order valence-corrected chi connectivity index (χ3v) is 3.61. The van der Waals surface area contributed by atoms with Crippen molar-refractivity contribution in [2.24, 2.45) is 5.92 Å². The summed E-state index contributed by atoms with van der Waals surface area (Å²) in [7, 11) is 0. The van der Waals surface area contributed by atoms with E-state index in [1.807, 2.05) is 0 Å². The molecule has 1 saturated carbocycles. The van der Waals surface area contributed by atoms with Gasteiger partial charge in [0.15, 0.2) is 0 Å². The third kappa shape index (κ3) is 3.74. The van der Waals surface area contributed by atoms with Crippen molar-refractivity contribution in [1.82, 2.24) is 10.2 Å². The van der Waals surface area contributed by atoms with Crippen LogP contribution in [0.15, 0.2) is 0 Å². The summed E-state index contributed by atoms with van der Waals surface area (Å²) in [5.41, 5.74) is 0. The second kappa shape index (κ2) is 5.28. The molecule has 0 bridgehead atoms. The Bertz CT molecular complexity index is 194. The molecule has 2 atom stereocenters. The molecular weight excluding hydrogens is 188 g/mol. The fourth-order valence-corrected chi connectivity index (χ4v) is 2.32. The standard InChI is InChI=1S/C12H24N2O/c1-10-9-14(8-5-12(10)15)7-2-6-13-11-3-4-11/h10-13,15H,2-9H2,1H3. The van der Waals surface area contributed by atoms with E-state index in [-0.39, 0.29) is 6.10 Å². The van der Waals surface area contributed by atoms with Crippen LogP contribution >= 0.6 is 0 Å². The highest BCUT2D eigenvalue weighted by Gasteiger charge is 2.24. The van der Waals surface area contributed by atoms with Gasteiger partial charge in [-0.3, -0.25) is 0 Å². The first-order valence-corrected chi connectivity index (χ1v) is 6.39. The molecule has 0 spiro atoms. The van der Waals surface area contributed by atoms with Crippen LogP contribution in [0.4, 0.5) is 0 Å². The molecule has 0 aromatic heterocycles. The van der Waals surface area contributed by atoms with Crippen LogP contribution in [0.5, 0.6) is 0 Å². The summed E-state index contributed by atoms with van der Waals surface area (Å²) >= 11 is 0. The summed E-state index contributed by atoms with van der Waals surface area (Å²) < 4.78 is 0. The van der Waals surface area contributed by atoms with Crippen LogP contribution in [0.1, 0.15) is 32.6 Å². The topological polar surface area (TPSA) is 35.5 Å². The Balaban J connectivity index is 1.54. The molecule has 1 aliphatic carbocycles.